The topological polar surface area (TPSA) is 112 Å². The molecule has 6 rings (SSSR count). The van der Waals surface area contributed by atoms with E-state index in [2.05, 4.69) is 15.6 Å². The highest BCUT2D eigenvalue weighted by Gasteiger charge is 2.37. The van der Waals surface area contributed by atoms with E-state index in [1.807, 2.05) is 24.3 Å². The van der Waals surface area contributed by atoms with E-state index in [-0.39, 0.29) is 31.2 Å². The molecule has 1 fully saturated rings. The summed E-state index contributed by atoms with van der Waals surface area (Å²) in [6.45, 7) is -0.0235. The van der Waals surface area contributed by atoms with Crippen LogP contribution in [0, 0.1) is 0 Å². The summed E-state index contributed by atoms with van der Waals surface area (Å²) >= 11 is 0. The fraction of sp³-hybridized carbons (Fsp3) is 0.333. The molecule has 1 atom stereocenters. The fourth-order valence-corrected chi connectivity index (χ4v) is 5.06. The number of fused-ring (bicyclic) bond motifs is 2. The summed E-state index contributed by atoms with van der Waals surface area (Å²) in [7, 11) is 0. The van der Waals surface area contributed by atoms with Gasteiger partial charge in [0.25, 0.3) is 5.91 Å². The van der Waals surface area contributed by atoms with E-state index >= 15 is 0 Å². The molecule has 10 heteroatoms. The lowest BCUT2D eigenvalue weighted by Crippen LogP contribution is -2.48. The van der Waals surface area contributed by atoms with Gasteiger partial charge in [-0.05, 0) is 49.2 Å². The van der Waals surface area contributed by atoms with Crippen molar-refractivity contribution in [2.75, 3.05) is 11.7 Å². The van der Waals surface area contributed by atoms with Gasteiger partial charge in [-0.2, -0.15) is 0 Å². The number of nitrogens with one attached hydrogen (secondary N) is 1. The molecule has 2 aromatic heterocycles. The molecule has 3 heterocycles. The van der Waals surface area contributed by atoms with Gasteiger partial charge in [-0.15, -0.1) is 5.10 Å². The number of benzene rings is 2. The Kier molecular flexibility index (Phi) is 6.21. The maximum Gasteiger partial charge on any atom is 0.251 e. The van der Waals surface area contributed by atoms with Crippen LogP contribution in [-0.4, -0.2) is 39.6 Å². The molecular formula is C27H27N5O5. The average molecular weight is 502 g/mol. The number of furan rings is 1. The van der Waals surface area contributed by atoms with Gasteiger partial charge in [-0.3, -0.25) is 14.5 Å². The SMILES string of the molecule is O=C(NC1CCCCC1)C(c1ccco1)N(C(=O)Cn1nnc2ccccc21)c1ccc2c(c1)OCO2. The highest BCUT2D eigenvalue weighted by Crippen LogP contribution is 2.38. The van der Waals surface area contributed by atoms with Crippen molar-refractivity contribution in [1.29, 1.82) is 0 Å². The normalized spacial score (nSPS) is 16.0. The van der Waals surface area contributed by atoms with Crippen molar-refractivity contribution < 1.29 is 23.5 Å². The minimum absolute atomic E-state index is 0.0617. The van der Waals surface area contributed by atoms with Crippen molar-refractivity contribution in [2.24, 2.45) is 0 Å². The third-order valence-corrected chi connectivity index (χ3v) is 6.88. The number of aromatic nitrogens is 3. The number of carbonyl (C=O) groups excluding carboxylic acids is 2. The summed E-state index contributed by atoms with van der Waals surface area (Å²) in [5.74, 6) is 0.806. The molecule has 0 bridgehead atoms. The summed E-state index contributed by atoms with van der Waals surface area (Å²) in [6.07, 6.45) is 6.64. The Balaban J connectivity index is 1.39. The van der Waals surface area contributed by atoms with E-state index < -0.39 is 6.04 Å². The van der Waals surface area contributed by atoms with Crippen LogP contribution in [0.3, 0.4) is 0 Å². The van der Waals surface area contributed by atoms with Gasteiger partial charge >= 0.3 is 0 Å². The molecule has 0 radical (unpaired) electrons. The minimum Gasteiger partial charge on any atom is -0.467 e. The van der Waals surface area contributed by atoms with Gasteiger partial charge < -0.3 is 19.2 Å². The molecule has 0 spiro atoms. The molecule has 1 aliphatic carbocycles. The van der Waals surface area contributed by atoms with Crippen LogP contribution in [0.5, 0.6) is 11.5 Å². The lowest BCUT2D eigenvalue weighted by molar-refractivity contribution is -0.128. The Morgan fingerprint density at radius 1 is 1.03 bits per heavy atom. The van der Waals surface area contributed by atoms with Crippen LogP contribution in [0.15, 0.2) is 65.3 Å². The molecule has 4 aromatic rings. The first kappa shape index (κ1) is 23.1. The quantitative estimate of drug-likeness (QED) is 0.408. The number of rotatable bonds is 7. The first-order chi connectivity index (χ1) is 18.2. The standard InChI is InChI=1S/C27H27N5O5/c33-25(16-31-21-10-5-4-9-20(21)29-30-31)32(19-12-13-22-24(15-19)37-17-36-22)26(23-11-6-14-35-23)27(34)28-18-7-2-1-3-8-18/h4-6,9-15,18,26H,1-3,7-8,16-17H2,(H,28,34). The Hall–Kier alpha value is -4.34. The Labute approximate surface area is 213 Å². The second kappa shape index (κ2) is 9.96. The number of hydrogen-bond acceptors (Lipinski definition) is 7. The Bertz CT molecular complexity index is 1410. The summed E-state index contributed by atoms with van der Waals surface area (Å²) in [5.41, 5.74) is 1.89. The maximum atomic E-state index is 14.0. The van der Waals surface area contributed by atoms with Crippen LogP contribution in [0.25, 0.3) is 11.0 Å². The minimum atomic E-state index is -1.03. The molecule has 1 saturated carbocycles. The molecular weight excluding hydrogens is 474 g/mol. The van der Waals surface area contributed by atoms with Crippen LogP contribution in [0.2, 0.25) is 0 Å². The summed E-state index contributed by atoms with van der Waals surface area (Å²) in [5, 5.41) is 11.5. The monoisotopic (exact) mass is 501 g/mol. The van der Waals surface area contributed by atoms with E-state index in [1.54, 1.807) is 30.3 Å². The predicted octanol–water partition coefficient (Wildman–Crippen LogP) is 3.98. The van der Waals surface area contributed by atoms with E-state index in [4.69, 9.17) is 13.9 Å². The lowest BCUT2D eigenvalue weighted by atomic mass is 9.95. The number of ether oxygens (including phenoxy) is 2. The molecule has 1 aliphatic heterocycles. The van der Waals surface area contributed by atoms with Gasteiger partial charge in [-0.25, -0.2) is 4.68 Å². The molecule has 10 nitrogen and oxygen atoms in total. The number of amides is 2. The second-order valence-corrected chi connectivity index (χ2v) is 9.30. The summed E-state index contributed by atoms with van der Waals surface area (Å²) in [6, 6.07) is 15.1. The fourth-order valence-electron chi connectivity index (χ4n) is 5.06. The number of nitrogens with zero attached hydrogens (tertiary/aromatic N) is 4. The molecule has 0 saturated heterocycles. The summed E-state index contributed by atoms with van der Waals surface area (Å²) < 4.78 is 18.3. The highest BCUT2D eigenvalue weighted by molar-refractivity contribution is 6.01. The van der Waals surface area contributed by atoms with Crippen molar-refractivity contribution in [3.63, 3.8) is 0 Å². The molecule has 2 aliphatic rings. The predicted molar refractivity (Wildman–Crippen MR) is 134 cm³/mol. The number of hydrogen-bond donors (Lipinski definition) is 1. The van der Waals surface area contributed by atoms with E-state index in [0.717, 1.165) is 31.2 Å². The van der Waals surface area contributed by atoms with Crippen molar-refractivity contribution >= 4 is 28.5 Å². The lowest BCUT2D eigenvalue weighted by Gasteiger charge is -2.32. The number of carbonyl (C=O) groups is 2. The van der Waals surface area contributed by atoms with Crippen LogP contribution >= 0.6 is 0 Å². The molecule has 37 heavy (non-hydrogen) atoms. The van der Waals surface area contributed by atoms with Gasteiger partial charge in [0, 0.05) is 17.8 Å². The first-order valence-corrected chi connectivity index (χ1v) is 12.5. The smallest absolute Gasteiger partial charge is 0.251 e. The van der Waals surface area contributed by atoms with Gasteiger partial charge in [0.15, 0.2) is 17.5 Å². The van der Waals surface area contributed by atoms with Gasteiger partial charge in [-0.1, -0.05) is 36.6 Å². The number of anilines is 1. The average Bonchev–Trinajstić information content (AvgIpc) is 3.69. The van der Waals surface area contributed by atoms with Crippen molar-refractivity contribution in [3.05, 3.63) is 66.6 Å². The molecule has 2 aromatic carbocycles. The molecule has 190 valence electrons. The van der Waals surface area contributed by atoms with E-state index in [0.29, 0.717) is 28.5 Å². The van der Waals surface area contributed by atoms with Crippen LogP contribution in [-0.2, 0) is 16.1 Å². The highest BCUT2D eigenvalue weighted by atomic mass is 16.7. The zero-order valence-corrected chi connectivity index (χ0v) is 20.2. The zero-order valence-electron chi connectivity index (χ0n) is 20.2. The maximum absolute atomic E-state index is 14.0. The largest absolute Gasteiger partial charge is 0.467 e. The van der Waals surface area contributed by atoms with Gasteiger partial charge in [0.2, 0.25) is 12.7 Å². The van der Waals surface area contributed by atoms with E-state index in [1.165, 1.54) is 22.3 Å². The molecule has 1 unspecified atom stereocenters. The molecule has 2 amide bonds. The van der Waals surface area contributed by atoms with Gasteiger partial charge in [0.05, 0.1) is 11.8 Å². The van der Waals surface area contributed by atoms with Gasteiger partial charge in [0.1, 0.15) is 17.8 Å². The van der Waals surface area contributed by atoms with Crippen molar-refractivity contribution in [2.45, 2.75) is 50.7 Å². The third kappa shape index (κ3) is 4.62. The Morgan fingerprint density at radius 2 is 1.86 bits per heavy atom. The first-order valence-electron chi connectivity index (χ1n) is 12.5. The van der Waals surface area contributed by atoms with Crippen LogP contribution in [0.1, 0.15) is 43.9 Å². The van der Waals surface area contributed by atoms with Crippen LogP contribution < -0.4 is 19.7 Å². The van der Waals surface area contributed by atoms with Crippen molar-refractivity contribution in [3.8, 4) is 11.5 Å². The Morgan fingerprint density at radius 3 is 2.70 bits per heavy atom. The van der Waals surface area contributed by atoms with Crippen molar-refractivity contribution in [1.82, 2.24) is 20.3 Å². The zero-order chi connectivity index (χ0) is 25.2. The van der Waals surface area contributed by atoms with Crippen LogP contribution in [0.4, 0.5) is 5.69 Å². The molecule has 1 N–H and O–H groups in total. The van der Waals surface area contributed by atoms with E-state index in [9.17, 15) is 9.59 Å². The second-order valence-electron chi connectivity index (χ2n) is 9.30. The number of para-hydroxylation sites is 1. The summed E-state index contributed by atoms with van der Waals surface area (Å²) in [4.78, 5) is 29.3. The third-order valence-electron chi connectivity index (χ3n) is 6.88.